The number of carbonyl (C=O) groups is 2. The summed E-state index contributed by atoms with van der Waals surface area (Å²) < 4.78 is 13.1. The Morgan fingerprint density at radius 3 is 2.50 bits per heavy atom. The maximum Gasteiger partial charge on any atom is 0.293 e. The molecule has 0 bridgehead atoms. The van der Waals surface area contributed by atoms with Crippen molar-refractivity contribution in [3.05, 3.63) is 76.0 Å². The van der Waals surface area contributed by atoms with Crippen LogP contribution in [0.25, 0.3) is 11.6 Å². The molecule has 4 nitrogen and oxygen atoms in total. The van der Waals surface area contributed by atoms with E-state index in [1.54, 1.807) is 18.2 Å². The number of hydrogen-bond acceptors (Lipinski definition) is 4. The molecule has 0 N–H and O–H groups in total. The van der Waals surface area contributed by atoms with Crippen LogP contribution in [-0.4, -0.2) is 28.1 Å². The first kappa shape index (κ1) is 22.3. The molecule has 1 fully saturated rings. The number of amides is 2. The summed E-state index contributed by atoms with van der Waals surface area (Å²) in [6.07, 6.45) is 5.12. The molecule has 32 heavy (non-hydrogen) atoms. The lowest BCUT2D eigenvalue weighted by Crippen LogP contribution is -2.45. The first-order valence-corrected chi connectivity index (χ1v) is 11.6. The van der Waals surface area contributed by atoms with Crippen molar-refractivity contribution in [3.8, 4) is 0 Å². The molecule has 166 valence electrons. The van der Waals surface area contributed by atoms with Crippen molar-refractivity contribution in [2.75, 3.05) is 11.4 Å². The van der Waals surface area contributed by atoms with E-state index < -0.39 is 0 Å². The molecule has 0 atom stereocenters. The Morgan fingerprint density at radius 2 is 1.81 bits per heavy atom. The fraction of sp³-hybridized carbons (Fsp3) is 0.308. The van der Waals surface area contributed by atoms with Gasteiger partial charge in [-0.2, -0.15) is 0 Å². The fourth-order valence-corrected chi connectivity index (χ4v) is 5.22. The highest BCUT2D eigenvalue weighted by molar-refractivity contribution is 8.18. The molecule has 2 amide bonds. The van der Waals surface area contributed by atoms with Crippen molar-refractivity contribution in [1.82, 2.24) is 4.90 Å². The number of halogens is 1. The molecule has 0 saturated carbocycles. The first-order valence-electron chi connectivity index (χ1n) is 10.8. The minimum atomic E-state index is -0.347. The summed E-state index contributed by atoms with van der Waals surface area (Å²) in [6, 6.07) is 12.0. The highest BCUT2D eigenvalue weighted by Crippen LogP contribution is 2.40. The van der Waals surface area contributed by atoms with E-state index in [0.717, 1.165) is 35.9 Å². The van der Waals surface area contributed by atoms with Gasteiger partial charge in [-0.25, -0.2) is 4.39 Å². The fourth-order valence-electron chi connectivity index (χ4n) is 4.38. The van der Waals surface area contributed by atoms with E-state index in [1.165, 1.54) is 28.3 Å². The maximum atomic E-state index is 13.1. The quantitative estimate of drug-likeness (QED) is 0.489. The van der Waals surface area contributed by atoms with E-state index in [9.17, 15) is 14.0 Å². The van der Waals surface area contributed by atoms with E-state index in [-0.39, 0.29) is 29.0 Å². The van der Waals surface area contributed by atoms with Crippen LogP contribution in [0.2, 0.25) is 0 Å². The second-order valence-corrected chi connectivity index (χ2v) is 9.80. The standard InChI is InChI=1S/C26H27FN2O2S/c1-5-12-29-22-11-8-19(13-21(22)17(2)15-26(29,3)4)14-23-24(30)28(25(31)32-23)16-18-6-9-20(27)10-7-18/h6-11,13-15H,5,12,16H2,1-4H3/b23-14+. The maximum absolute atomic E-state index is 13.1. The van der Waals surface area contributed by atoms with Gasteiger partial charge in [0.05, 0.1) is 17.0 Å². The summed E-state index contributed by atoms with van der Waals surface area (Å²) in [5.41, 5.74) is 5.09. The Kier molecular flexibility index (Phi) is 5.99. The molecule has 0 aromatic heterocycles. The van der Waals surface area contributed by atoms with Crippen LogP contribution in [0.15, 0.2) is 53.4 Å². The number of imide groups is 1. The molecule has 0 spiro atoms. The minimum Gasteiger partial charge on any atom is -0.362 e. The van der Waals surface area contributed by atoms with Crippen LogP contribution < -0.4 is 4.90 Å². The van der Waals surface area contributed by atoms with Crippen LogP contribution in [0.4, 0.5) is 14.9 Å². The zero-order valence-electron chi connectivity index (χ0n) is 18.8. The second-order valence-electron chi connectivity index (χ2n) is 8.80. The first-order chi connectivity index (χ1) is 15.2. The average molecular weight is 451 g/mol. The number of carbonyl (C=O) groups excluding carboxylic acids is 2. The molecule has 2 aromatic carbocycles. The van der Waals surface area contributed by atoms with Gasteiger partial charge < -0.3 is 4.90 Å². The van der Waals surface area contributed by atoms with E-state index >= 15 is 0 Å². The zero-order chi connectivity index (χ0) is 23.0. The molecule has 2 aromatic rings. The largest absolute Gasteiger partial charge is 0.362 e. The molecular weight excluding hydrogens is 423 g/mol. The van der Waals surface area contributed by atoms with Gasteiger partial charge in [0, 0.05) is 17.8 Å². The van der Waals surface area contributed by atoms with E-state index in [2.05, 4.69) is 50.8 Å². The van der Waals surface area contributed by atoms with Gasteiger partial charge in [-0.15, -0.1) is 0 Å². The Bertz CT molecular complexity index is 1140. The highest BCUT2D eigenvalue weighted by Gasteiger charge is 2.35. The molecule has 2 heterocycles. The van der Waals surface area contributed by atoms with Crippen molar-refractivity contribution in [3.63, 3.8) is 0 Å². The summed E-state index contributed by atoms with van der Waals surface area (Å²) in [5.74, 6) is -0.663. The molecule has 6 heteroatoms. The van der Waals surface area contributed by atoms with Gasteiger partial charge in [0.2, 0.25) is 0 Å². The van der Waals surface area contributed by atoms with Gasteiger partial charge in [0.15, 0.2) is 0 Å². The third kappa shape index (κ3) is 4.24. The molecular formula is C26H27FN2O2S. The smallest absolute Gasteiger partial charge is 0.293 e. The molecule has 2 aliphatic heterocycles. The molecule has 0 unspecified atom stereocenters. The number of hydrogen-bond donors (Lipinski definition) is 0. The van der Waals surface area contributed by atoms with E-state index in [1.807, 2.05) is 6.07 Å². The number of rotatable bonds is 5. The zero-order valence-corrected chi connectivity index (χ0v) is 19.6. The summed E-state index contributed by atoms with van der Waals surface area (Å²) in [4.78, 5) is 29.4. The van der Waals surface area contributed by atoms with Crippen LogP contribution in [0.1, 0.15) is 50.8 Å². The van der Waals surface area contributed by atoms with Gasteiger partial charge in [-0.1, -0.05) is 31.2 Å². The third-order valence-electron chi connectivity index (χ3n) is 5.87. The minimum absolute atomic E-state index is 0.0579. The van der Waals surface area contributed by atoms with Crippen LogP contribution in [-0.2, 0) is 11.3 Å². The lowest BCUT2D eigenvalue weighted by atomic mass is 9.88. The predicted molar refractivity (Wildman–Crippen MR) is 130 cm³/mol. The van der Waals surface area contributed by atoms with Crippen molar-refractivity contribution < 1.29 is 14.0 Å². The van der Waals surface area contributed by atoms with Gasteiger partial charge in [-0.05, 0) is 86.0 Å². The summed E-state index contributed by atoms with van der Waals surface area (Å²) in [7, 11) is 0. The molecule has 4 rings (SSSR count). The van der Waals surface area contributed by atoms with Crippen LogP contribution in [0.5, 0.6) is 0 Å². The Hall–Kier alpha value is -2.86. The number of benzene rings is 2. The lowest BCUT2D eigenvalue weighted by molar-refractivity contribution is -0.123. The monoisotopic (exact) mass is 450 g/mol. The summed E-state index contributed by atoms with van der Waals surface area (Å²) in [6.45, 7) is 9.84. The predicted octanol–water partition coefficient (Wildman–Crippen LogP) is 6.47. The SMILES string of the molecule is CCCN1c2ccc(/C=C3/SC(=O)N(Cc4ccc(F)cc4)C3=O)cc2C(C)=CC1(C)C. The van der Waals surface area contributed by atoms with Crippen molar-refractivity contribution >= 4 is 40.2 Å². The molecule has 2 aliphatic rings. The topological polar surface area (TPSA) is 40.6 Å². The van der Waals surface area contributed by atoms with Crippen molar-refractivity contribution in [1.29, 1.82) is 0 Å². The third-order valence-corrected chi connectivity index (χ3v) is 6.78. The molecule has 0 aliphatic carbocycles. The van der Waals surface area contributed by atoms with Gasteiger partial charge >= 0.3 is 0 Å². The number of thioether (sulfide) groups is 1. The van der Waals surface area contributed by atoms with Gasteiger partial charge in [-0.3, -0.25) is 14.5 Å². The number of anilines is 1. The number of fused-ring (bicyclic) bond motifs is 1. The van der Waals surface area contributed by atoms with E-state index in [0.29, 0.717) is 10.5 Å². The Labute approximate surface area is 192 Å². The summed E-state index contributed by atoms with van der Waals surface area (Å²) >= 11 is 0.945. The van der Waals surface area contributed by atoms with Crippen LogP contribution in [0.3, 0.4) is 0 Å². The normalized spacial score (nSPS) is 18.9. The van der Waals surface area contributed by atoms with Crippen molar-refractivity contribution in [2.45, 2.75) is 46.2 Å². The summed E-state index contributed by atoms with van der Waals surface area (Å²) in [5, 5.41) is -0.310. The Morgan fingerprint density at radius 1 is 1.09 bits per heavy atom. The number of nitrogens with zero attached hydrogens (tertiary/aromatic N) is 2. The van der Waals surface area contributed by atoms with Crippen LogP contribution >= 0.6 is 11.8 Å². The van der Waals surface area contributed by atoms with Crippen LogP contribution in [0, 0.1) is 5.82 Å². The Balaban J connectivity index is 1.61. The van der Waals surface area contributed by atoms with Gasteiger partial charge in [0.1, 0.15) is 5.82 Å². The molecule has 1 saturated heterocycles. The molecule has 0 radical (unpaired) electrons. The average Bonchev–Trinajstić information content (AvgIpc) is 3.00. The second kappa shape index (κ2) is 8.58. The van der Waals surface area contributed by atoms with Crippen molar-refractivity contribution in [2.24, 2.45) is 0 Å². The number of allylic oxidation sites excluding steroid dienone is 1. The highest BCUT2D eigenvalue weighted by atomic mass is 32.2. The van der Waals surface area contributed by atoms with Gasteiger partial charge in [0.25, 0.3) is 11.1 Å². The lowest BCUT2D eigenvalue weighted by Gasteiger charge is -2.43. The van der Waals surface area contributed by atoms with E-state index in [4.69, 9.17) is 0 Å².